The molecule has 0 aliphatic rings. The van der Waals surface area contributed by atoms with Crippen molar-refractivity contribution in [1.82, 2.24) is 0 Å². The quantitative estimate of drug-likeness (QED) is 0.364. The SMILES string of the molecule is C#CCN=C(N)Nc1ccccc1OC(F)(F)F.I. The molecule has 0 amide bonds. The second-order valence-electron chi connectivity index (χ2n) is 3.07. The van der Waals surface area contributed by atoms with Crippen molar-refractivity contribution >= 4 is 35.6 Å². The van der Waals surface area contributed by atoms with Crippen molar-refractivity contribution in [2.75, 3.05) is 11.9 Å². The van der Waals surface area contributed by atoms with Crippen molar-refractivity contribution in [3.05, 3.63) is 24.3 Å². The van der Waals surface area contributed by atoms with Crippen LogP contribution < -0.4 is 15.8 Å². The number of terminal acetylenes is 1. The normalized spacial score (nSPS) is 11.2. The Hall–Kier alpha value is -1.63. The number of nitrogens with one attached hydrogen (secondary N) is 1. The van der Waals surface area contributed by atoms with Crippen LogP contribution in [0.1, 0.15) is 0 Å². The van der Waals surface area contributed by atoms with Crippen molar-refractivity contribution < 1.29 is 17.9 Å². The van der Waals surface area contributed by atoms with Gasteiger partial charge in [-0.15, -0.1) is 43.6 Å². The van der Waals surface area contributed by atoms with Crippen LogP contribution in [-0.2, 0) is 0 Å². The number of halogens is 4. The number of benzene rings is 1. The first kappa shape index (κ1) is 17.4. The molecule has 1 aromatic rings. The van der Waals surface area contributed by atoms with E-state index in [2.05, 4.69) is 21.0 Å². The lowest BCUT2D eigenvalue weighted by atomic mass is 10.3. The zero-order valence-electron chi connectivity index (χ0n) is 9.57. The molecule has 1 rings (SSSR count). The summed E-state index contributed by atoms with van der Waals surface area (Å²) >= 11 is 0. The molecule has 0 unspecified atom stereocenters. The zero-order chi connectivity index (χ0) is 13.6. The third-order valence-electron chi connectivity index (χ3n) is 1.72. The third-order valence-corrected chi connectivity index (χ3v) is 1.72. The molecule has 0 aromatic heterocycles. The maximum Gasteiger partial charge on any atom is 0.573 e. The van der Waals surface area contributed by atoms with Gasteiger partial charge in [0, 0.05) is 0 Å². The minimum absolute atomic E-state index is 0. The van der Waals surface area contributed by atoms with E-state index >= 15 is 0 Å². The molecule has 0 radical (unpaired) electrons. The van der Waals surface area contributed by atoms with Crippen LogP contribution in [0.2, 0.25) is 0 Å². The predicted molar refractivity (Wildman–Crippen MR) is 77.5 cm³/mol. The van der Waals surface area contributed by atoms with Crippen molar-refractivity contribution in [2.24, 2.45) is 10.7 Å². The van der Waals surface area contributed by atoms with Gasteiger partial charge in [-0.2, -0.15) is 0 Å². The molecule has 0 saturated carbocycles. The highest BCUT2D eigenvalue weighted by atomic mass is 127. The number of aliphatic imine (C=N–C) groups is 1. The van der Waals surface area contributed by atoms with Gasteiger partial charge in [0.15, 0.2) is 11.7 Å². The molecule has 0 aliphatic carbocycles. The second kappa shape index (κ2) is 7.73. The van der Waals surface area contributed by atoms with Crippen LogP contribution in [0.4, 0.5) is 18.9 Å². The van der Waals surface area contributed by atoms with E-state index < -0.39 is 12.1 Å². The summed E-state index contributed by atoms with van der Waals surface area (Å²) in [6.45, 7) is 0.0289. The summed E-state index contributed by atoms with van der Waals surface area (Å²) in [4.78, 5) is 3.69. The third kappa shape index (κ3) is 6.76. The standard InChI is InChI=1S/C11H10F3N3O.HI/c1-2-7-16-10(15)17-8-5-3-4-6-9(8)18-11(12,13)14;/h1,3-6H,7H2,(H3,15,16,17);1H. The van der Waals surface area contributed by atoms with Gasteiger partial charge in [0.25, 0.3) is 0 Å². The summed E-state index contributed by atoms with van der Waals surface area (Å²) < 4.78 is 40.2. The Morgan fingerprint density at radius 2 is 2.05 bits per heavy atom. The van der Waals surface area contributed by atoms with Crippen molar-refractivity contribution in [1.29, 1.82) is 0 Å². The molecule has 0 saturated heterocycles. The molecule has 0 heterocycles. The molecule has 0 atom stereocenters. The number of para-hydroxylation sites is 2. The van der Waals surface area contributed by atoms with Gasteiger partial charge in [0.1, 0.15) is 6.54 Å². The maximum absolute atomic E-state index is 12.1. The molecular weight excluding hydrogens is 374 g/mol. The highest BCUT2D eigenvalue weighted by molar-refractivity contribution is 14.0. The Balaban J connectivity index is 0.00000324. The van der Waals surface area contributed by atoms with Gasteiger partial charge in [-0.1, -0.05) is 18.1 Å². The largest absolute Gasteiger partial charge is 0.573 e. The van der Waals surface area contributed by atoms with Crippen LogP contribution in [0, 0.1) is 12.3 Å². The summed E-state index contributed by atoms with van der Waals surface area (Å²) in [7, 11) is 0. The Bertz CT molecular complexity index is 483. The summed E-state index contributed by atoms with van der Waals surface area (Å²) in [6, 6.07) is 5.46. The number of nitrogens with two attached hydrogens (primary N) is 1. The van der Waals surface area contributed by atoms with Crippen molar-refractivity contribution in [3.63, 3.8) is 0 Å². The molecular formula is C11H11F3IN3O. The lowest BCUT2D eigenvalue weighted by molar-refractivity contribution is -0.274. The van der Waals surface area contributed by atoms with E-state index in [1.54, 1.807) is 0 Å². The second-order valence-corrected chi connectivity index (χ2v) is 3.07. The monoisotopic (exact) mass is 385 g/mol. The molecule has 0 bridgehead atoms. The fraction of sp³-hybridized carbons (Fsp3) is 0.182. The van der Waals surface area contributed by atoms with Crippen LogP contribution >= 0.6 is 24.0 Å². The summed E-state index contributed by atoms with van der Waals surface area (Å²) in [5.74, 6) is 1.73. The molecule has 0 spiro atoms. The Morgan fingerprint density at radius 1 is 1.42 bits per heavy atom. The minimum atomic E-state index is -4.78. The van der Waals surface area contributed by atoms with Gasteiger partial charge >= 0.3 is 6.36 Å². The average Bonchev–Trinajstić information content (AvgIpc) is 2.27. The predicted octanol–water partition coefficient (Wildman–Crippen LogP) is 2.56. The number of hydrogen-bond donors (Lipinski definition) is 2. The highest BCUT2D eigenvalue weighted by Crippen LogP contribution is 2.29. The number of alkyl halides is 3. The fourth-order valence-corrected chi connectivity index (χ4v) is 1.09. The van der Waals surface area contributed by atoms with Crippen LogP contribution in [0.3, 0.4) is 0 Å². The van der Waals surface area contributed by atoms with Gasteiger partial charge in [-0.05, 0) is 12.1 Å². The molecule has 1 aromatic carbocycles. The Kier molecular flexibility index (Phi) is 7.06. The van der Waals surface area contributed by atoms with E-state index in [9.17, 15) is 13.2 Å². The molecule has 104 valence electrons. The molecule has 19 heavy (non-hydrogen) atoms. The van der Waals surface area contributed by atoms with Crippen LogP contribution in [0.25, 0.3) is 0 Å². The molecule has 0 aliphatic heterocycles. The highest BCUT2D eigenvalue weighted by Gasteiger charge is 2.32. The van der Waals surface area contributed by atoms with E-state index in [4.69, 9.17) is 12.2 Å². The van der Waals surface area contributed by atoms with Crippen LogP contribution in [-0.4, -0.2) is 18.9 Å². The fourth-order valence-electron chi connectivity index (χ4n) is 1.09. The van der Waals surface area contributed by atoms with Gasteiger partial charge in [-0.25, -0.2) is 4.99 Å². The van der Waals surface area contributed by atoms with Gasteiger partial charge in [0.2, 0.25) is 0 Å². The lowest BCUT2D eigenvalue weighted by Crippen LogP contribution is -2.24. The van der Waals surface area contributed by atoms with Crippen molar-refractivity contribution in [2.45, 2.75) is 6.36 Å². The van der Waals surface area contributed by atoms with E-state index in [0.717, 1.165) is 6.07 Å². The Morgan fingerprint density at radius 3 is 2.63 bits per heavy atom. The number of ether oxygens (including phenoxy) is 1. The first-order valence-corrected chi connectivity index (χ1v) is 4.77. The molecule has 8 heteroatoms. The topological polar surface area (TPSA) is 59.6 Å². The van der Waals surface area contributed by atoms with E-state index in [1.807, 2.05) is 0 Å². The number of hydrogen-bond acceptors (Lipinski definition) is 2. The summed E-state index contributed by atoms with van der Waals surface area (Å²) in [5, 5.41) is 2.48. The van der Waals surface area contributed by atoms with Crippen LogP contribution in [0.5, 0.6) is 5.75 Å². The average molecular weight is 385 g/mol. The molecule has 4 nitrogen and oxygen atoms in total. The van der Waals surface area contributed by atoms with E-state index in [-0.39, 0.29) is 42.2 Å². The van der Waals surface area contributed by atoms with Gasteiger partial charge in [-0.3, -0.25) is 0 Å². The maximum atomic E-state index is 12.1. The number of anilines is 1. The van der Waals surface area contributed by atoms with Crippen molar-refractivity contribution in [3.8, 4) is 18.1 Å². The number of nitrogens with zero attached hydrogens (tertiary/aromatic N) is 1. The number of guanidine groups is 1. The smallest absolute Gasteiger partial charge is 0.404 e. The minimum Gasteiger partial charge on any atom is -0.404 e. The number of rotatable bonds is 3. The summed E-state index contributed by atoms with van der Waals surface area (Å²) in [6.07, 6.45) is 0.194. The molecule has 3 N–H and O–H groups in total. The summed E-state index contributed by atoms with van der Waals surface area (Å²) in [5.41, 5.74) is 5.48. The first-order valence-electron chi connectivity index (χ1n) is 4.77. The zero-order valence-corrected chi connectivity index (χ0v) is 11.9. The van der Waals surface area contributed by atoms with Gasteiger partial charge < -0.3 is 15.8 Å². The van der Waals surface area contributed by atoms with Crippen LogP contribution in [0.15, 0.2) is 29.3 Å². The van der Waals surface area contributed by atoms with E-state index in [1.165, 1.54) is 18.2 Å². The van der Waals surface area contributed by atoms with E-state index in [0.29, 0.717) is 0 Å². The van der Waals surface area contributed by atoms with Gasteiger partial charge in [0.05, 0.1) is 5.69 Å². The molecule has 0 fully saturated rings. The lowest BCUT2D eigenvalue weighted by Gasteiger charge is -2.13. The Labute approximate surface area is 125 Å². The first-order chi connectivity index (χ1) is 8.42.